The van der Waals surface area contributed by atoms with Crippen LogP contribution in [-0.2, 0) is 4.74 Å². The topological polar surface area (TPSA) is 21.3 Å². The van der Waals surface area contributed by atoms with Crippen LogP contribution in [0.15, 0.2) is 0 Å². The molecule has 19 heavy (non-hydrogen) atoms. The standard InChI is InChI=1S/C14H26F3NO/c1-10(7-8-19-3)13(18-2)11-5-4-6-12(9-11)14(15,16)17/h10-13,18H,4-9H2,1-3H3. The Morgan fingerprint density at radius 1 is 1.32 bits per heavy atom. The maximum Gasteiger partial charge on any atom is 0.391 e. The first kappa shape index (κ1) is 16.8. The number of nitrogens with one attached hydrogen (secondary N) is 1. The summed E-state index contributed by atoms with van der Waals surface area (Å²) in [5, 5.41) is 3.23. The van der Waals surface area contributed by atoms with E-state index in [0.29, 0.717) is 25.4 Å². The Bertz CT molecular complexity index is 258. The predicted molar refractivity (Wildman–Crippen MR) is 70.0 cm³/mol. The van der Waals surface area contributed by atoms with Gasteiger partial charge in [0.05, 0.1) is 5.92 Å². The fraction of sp³-hybridized carbons (Fsp3) is 1.00. The van der Waals surface area contributed by atoms with Gasteiger partial charge in [-0.05, 0) is 44.6 Å². The Morgan fingerprint density at radius 3 is 2.53 bits per heavy atom. The van der Waals surface area contributed by atoms with Crippen LogP contribution in [0.3, 0.4) is 0 Å². The van der Waals surface area contributed by atoms with Crippen molar-refractivity contribution in [3.63, 3.8) is 0 Å². The molecule has 1 fully saturated rings. The van der Waals surface area contributed by atoms with Gasteiger partial charge in [-0.2, -0.15) is 13.2 Å². The van der Waals surface area contributed by atoms with Crippen molar-refractivity contribution in [2.24, 2.45) is 17.8 Å². The number of halogens is 3. The van der Waals surface area contributed by atoms with E-state index in [1.165, 1.54) is 0 Å². The minimum atomic E-state index is -4.03. The van der Waals surface area contributed by atoms with E-state index < -0.39 is 12.1 Å². The van der Waals surface area contributed by atoms with E-state index in [0.717, 1.165) is 12.8 Å². The summed E-state index contributed by atoms with van der Waals surface area (Å²) in [6.07, 6.45) is -1.00. The van der Waals surface area contributed by atoms with Gasteiger partial charge in [-0.1, -0.05) is 13.3 Å². The second kappa shape index (κ2) is 7.48. The lowest BCUT2D eigenvalue weighted by Gasteiger charge is -2.38. The summed E-state index contributed by atoms with van der Waals surface area (Å²) < 4.78 is 43.6. The van der Waals surface area contributed by atoms with Gasteiger partial charge in [0.1, 0.15) is 0 Å². The molecule has 4 unspecified atom stereocenters. The molecule has 0 bridgehead atoms. The van der Waals surface area contributed by atoms with Crippen LogP contribution in [0.2, 0.25) is 0 Å². The van der Waals surface area contributed by atoms with Gasteiger partial charge < -0.3 is 10.1 Å². The largest absolute Gasteiger partial charge is 0.391 e. The summed E-state index contributed by atoms with van der Waals surface area (Å²) in [6, 6.07) is 0.153. The van der Waals surface area contributed by atoms with E-state index in [2.05, 4.69) is 12.2 Å². The second-order valence-electron chi connectivity index (χ2n) is 5.74. The van der Waals surface area contributed by atoms with Crippen molar-refractivity contribution in [2.45, 2.75) is 51.2 Å². The van der Waals surface area contributed by atoms with Crippen LogP contribution in [-0.4, -0.2) is 33.0 Å². The molecular formula is C14H26F3NO. The fourth-order valence-corrected chi connectivity index (χ4v) is 3.32. The second-order valence-corrected chi connectivity index (χ2v) is 5.74. The third kappa shape index (κ3) is 4.95. The minimum absolute atomic E-state index is 0.122. The Hall–Kier alpha value is -0.290. The quantitative estimate of drug-likeness (QED) is 0.803. The van der Waals surface area contributed by atoms with Gasteiger partial charge in [-0.15, -0.1) is 0 Å². The molecule has 1 aliphatic rings. The molecule has 114 valence electrons. The van der Waals surface area contributed by atoms with Gasteiger partial charge in [-0.25, -0.2) is 0 Å². The van der Waals surface area contributed by atoms with Gasteiger partial charge >= 0.3 is 6.18 Å². The highest BCUT2D eigenvalue weighted by atomic mass is 19.4. The molecule has 5 heteroatoms. The van der Waals surface area contributed by atoms with Crippen molar-refractivity contribution in [1.82, 2.24) is 5.32 Å². The molecule has 0 spiro atoms. The number of rotatable bonds is 6. The SMILES string of the molecule is CNC(C(C)CCOC)C1CCCC(C(F)(F)F)C1. The normalized spacial score (nSPS) is 28.1. The molecular weight excluding hydrogens is 255 g/mol. The van der Waals surface area contributed by atoms with E-state index in [1.54, 1.807) is 7.11 Å². The zero-order chi connectivity index (χ0) is 14.5. The van der Waals surface area contributed by atoms with Crippen molar-refractivity contribution < 1.29 is 17.9 Å². The van der Waals surface area contributed by atoms with Crippen LogP contribution in [0, 0.1) is 17.8 Å². The smallest absolute Gasteiger partial charge is 0.385 e. The van der Waals surface area contributed by atoms with Gasteiger partial charge in [0.2, 0.25) is 0 Å². The first-order valence-corrected chi connectivity index (χ1v) is 7.13. The third-order valence-corrected chi connectivity index (χ3v) is 4.41. The zero-order valence-electron chi connectivity index (χ0n) is 12.1. The summed E-state index contributed by atoms with van der Waals surface area (Å²) in [7, 11) is 3.51. The molecule has 1 N–H and O–H groups in total. The lowest BCUT2D eigenvalue weighted by atomic mass is 9.74. The Balaban J connectivity index is 2.60. The average molecular weight is 281 g/mol. The summed E-state index contributed by atoms with van der Waals surface area (Å²) in [5.41, 5.74) is 0. The minimum Gasteiger partial charge on any atom is -0.385 e. The van der Waals surface area contributed by atoms with E-state index in [1.807, 2.05) is 7.05 Å². The number of alkyl halides is 3. The van der Waals surface area contributed by atoms with E-state index in [9.17, 15) is 13.2 Å². The monoisotopic (exact) mass is 281 g/mol. The first-order chi connectivity index (χ1) is 8.90. The summed E-state index contributed by atoms with van der Waals surface area (Å²) in [6.45, 7) is 2.76. The van der Waals surface area contributed by atoms with E-state index >= 15 is 0 Å². The van der Waals surface area contributed by atoms with Crippen LogP contribution >= 0.6 is 0 Å². The van der Waals surface area contributed by atoms with Crippen molar-refractivity contribution in [3.05, 3.63) is 0 Å². The highest BCUT2D eigenvalue weighted by molar-refractivity contribution is 4.87. The van der Waals surface area contributed by atoms with Crippen LogP contribution in [0.1, 0.15) is 39.0 Å². The fourth-order valence-electron chi connectivity index (χ4n) is 3.32. The molecule has 1 saturated carbocycles. The summed E-state index contributed by atoms with van der Waals surface area (Å²) in [4.78, 5) is 0. The molecule has 1 aliphatic carbocycles. The molecule has 0 aromatic carbocycles. The maximum atomic E-state index is 12.8. The molecule has 0 amide bonds. The maximum absolute atomic E-state index is 12.8. The van der Waals surface area contributed by atoms with Crippen LogP contribution in [0.5, 0.6) is 0 Å². The molecule has 0 aromatic heterocycles. The number of ether oxygens (including phenoxy) is 1. The van der Waals surface area contributed by atoms with Crippen molar-refractivity contribution in [2.75, 3.05) is 20.8 Å². The molecule has 1 rings (SSSR count). The van der Waals surface area contributed by atoms with E-state index in [4.69, 9.17) is 4.74 Å². The molecule has 4 atom stereocenters. The average Bonchev–Trinajstić information content (AvgIpc) is 2.36. The predicted octanol–water partition coefficient (Wildman–Crippen LogP) is 3.62. The highest BCUT2D eigenvalue weighted by Crippen LogP contribution is 2.42. The van der Waals surface area contributed by atoms with Gasteiger partial charge in [0, 0.05) is 19.8 Å². The van der Waals surface area contributed by atoms with Crippen LogP contribution < -0.4 is 5.32 Å². The van der Waals surface area contributed by atoms with Crippen LogP contribution in [0.25, 0.3) is 0 Å². The number of hydrogen-bond donors (Lipinski definition) is 1. The molecule has 0 radical (unpaired) electrons. The van der Waals surface area contributed by atoms with Crippen molar-refractivity contribution in [3.8, 4) is 0 Å². The Kier molecular flexibility index (Phi) is 6.60. The van der Waals surface area contributed by atoms with E-state index in [-0.39, 0.29) is 18.4 Å². The molecule has 0 aromatic rings. The number of methoxy groups -OCH3 is 1. The molecule has 0 aliphatic heterocycles. The molecule has 0 heterocycles. The highest BCUT2D eigenvalue weighted by Gasteiger charge is 2.43. The molecule has 2 nitrogen and oxygen atoms in total. The van der Waals surface area contributed by atoms with Gasteiger partial charge in [-0.3, -0.25) is 0 Å². The lowest BCUT2D eigenvalue weighted by Crippen LogP contribution is -2.43. The Morgan fingerprint density at radius 2 is 2.00 bits per heavy atom. The van der Waals surface area contributed by atoms with Crippen molar-refractivity contribution >= 4 is 0 Å². The van der Waals surface area contributed by atoms with Gasteiger partial charge in [0.25, 0.3) is 0 Å². The van der Waals surface area contributed by atoms with Crippen LogP contribution in [0.4, 0.5) is 13.2 Å². The van der Waals surface area contributed by atoms with Gasteiger partial charge in [0.15, 0.2) is 0 Å². The summed E-state index contributed by atoms with van der Waals surface area (Å²) in [5.74, 6) is -0.657. The Labute approximate surface area is 114 Å². The third-order valence-electron chi connectivity index (χ3n) is 4.41. The zero-order valence-corrected chi connectivity index (χ0v) is 12.1. The summed E-state index contributed by atoms with van der Waals surface area (Å²) >= 11 is 0. The first-order valence-electron chi connectivity index (χ1n) is 7.13. The van der Waals surface area contributed by atoms with Crippen molar-refractivity contribution in [1.29, 1.82) is 0 Å². The number of hydrogen-bond acceptors (Lipinski definition) is 2. The lowest BCUT2D eigenvalue weighted by molar-refractivity contribution is -0.187. The molecule has 0 saturated heterocycles.